The predicted octanol–water partition coefficient (Wildman–Crippen LogP) is 3.50. The van der Waals surface area contributed by atoms with Crippen molar-refractivity contribution in [1.82, 2.24) is 4.98 Å². The van der Waals surface area contributed by atoms with Crippen LogP contribution in [0.2, 0.25) is 0 Å². The Morgan fingerprint density at radius 3 is 3.12 bits per heavy atom. The summed E-state index contributed by atoms with van der Waals surface area (Å²) in [6, 6.07) is 9.65. The summed E-state index contributed by atoms with van der Waals surface area (Å²) in [6.45, 7) is 3.06. The fourth-order valence-corrected chi connectivity index (χ4v) is 2.22. The fourth-order valence-electron chi connectivity index (χ4n) is 1.47. The third kappa shape index (κ3) is 2.83. The molecule has 3 nitrogen and oxygen atoms in total. The molecule has 0 aliphatic carbocycles. The second kappa shape index (κ2) is 5.46. The molecule has 86 valence electrons. The third-order valence-electron chi connectivity index (χ3n) is 2.32. The highest BCUT2D eigenvalue weighted by Crippen LogP contribution is 2.25. The van der Waals surface area contributed by atoms with Crippen molar-refractivity contribution < 1.29 is 0 Å². The van der Waals surface area contributed by atoms with Gasteiger partial charge in [-0.15, -0.1) is 11.3 Å². The normalized spacial score (nSPS) is 9.88. The van der Waals surface area contributed by atoms with E-state index >= 15 is 0 Å². The van der Waals surface area contributed by atoms with Gasteiger partial charge in [0.25, 0.3) is 0 Å². The zero-order valence-electron chi connectivity index (χ0n) is 9.60. The Morgan fingerprint density at radius 1 is 1.47 bits per heavy atom. The molecule has 1 aromatic carbocycles. The first-order chi connectivity index (χ1) is 8.33. The Kier molecular flexibility index (Phi) is 3.73. The van der Waals surface area contributed by atoms with Crippen LogP contribution in [0.1, 0.15) is 18.9 Å². The minimum absolute atomic E-state index is 0.665. The van der Waals surface area contributed by atoms with E-state index in [1.54, 1.807) is 17.4 Å². The molecule has 2 aromatic rings. The molecule has 4 heteroatoms. The van der Waals surface area contributed by atoms with E-state index in [-0.39, 0.29) is 0 Å². The minimum atomic E-state index is 0.665. The van der Waals surface area contributed by atoms with E-state index in [1.807, 2.05) is 23.6 Å². The van der Waals surface area contributed by atoms with Crippen LogP contribution < -0.4 is 5.32 Å². The Balaban J connectivity index is 2.21. The molecule has 0 unspecified atom stereocenters. The van der Waals surface area contributed by atoms with Crippen LogP contribution in [0.3, 0.4) is 0 Å². The number of anilines is 1. The van der Waals surface area contributed by atoms with E-state index in [0.29, 0.717) is 5.56 Å². The van der Waals surface area contributed by atoms with Gasteiger partial charge in [0.1, 0.15) is 0 Å². The molecular formula is C13H13N3S. The van der Waals surface area contributed by atoms with Crippen molar-refractivity contribution in [3.05, 3.63) is 35.2 Å². The number of rotatable bonds is 4. The topological polar surface area (TPSA) is 48.7 Å². The highest BCUT2D eigenvalue weighted by Gasteiger charge is 2.04. The number of hydrogen-bond acceptors (Lipinski definition) is 4. The molecule has 0 aliphatic heterocycles. The molecule has 0 amide bonds. The molecule has 0 radical (unpaired) electrons. The van der Waals surface area contributed by atoms with Gasteiger partial charge < -0.3 is 5.32 Å². The van der Waals surface area contributed by atoms with E-state index < -0.39 is 0 Å². The van der Waals surface area contributed by atoms with Crippen molar-refractivity contribution in [1.29, 1.82) is 5.26 Å². The molecule has 17 heavy (non-hydrogen) atoms. The van der Waals surface area contributed by atoms with Gasteiger partial charge in [-0.05, 0) is 18.6 Å². The maximum absolute atomic E-state index is 8.85. The summed E-state index contributed by atoms with van der Waals surface area (Å²) in [4.78, 5) is 4.49. The van der Waals surface area contributed by atoms with Crippen LogP contribution in [0, 0.1) is 11.3 Å². The van der Waals surface area contributed by atoms with Crippen molar-refractivity contribution in [2.24, 2.45) is 0 Å². The summed E-state index contributed by atoms with van der Waals surface area (Å²) in [5.41, 5.74) is 2.58. The number of nitriles is 1. The molecule has 1 N–H and O–H groups in total. The summed E-state index contributed by atoms with van der Waals surface area (Å²) < 4.78 is 0. The summed E-state index contributed by atoms with van der Waals surface area (Å²) in [5.74, 6) is 0. The van der Waals surface area contributed by atoms with Gasteiger partial charge in [0.15, 0.2) is 5.13 Å². The van der Waals surface area contributed by atoms with E-state index in [2.05, 4.69) is 23.3 Å². The van der Waals surface area contributed by atoms with Crippen LogP contribution in [0.4, 0.5) is 5.13 Å². The Morgan fingerprint density at radius 2 is 2.35 bits per heavy atom. The van der Waals surface area contributed by atoms with Crippen molar-refractivity contribution in [2.75, 3.05) is 11.9 Å². The van der Waals surface area contributed by atoms with Crippen LogP contribution in [0.25, 0.3) is 11.3 Å². The smallest absolute Gasteiger partial charge is 0.183 e. The van der Waals surface area contributed by atoms with Gasteiger partial charge in [-0.1, -0.05) is 19.1 Å². The number of nitrogens with one attached hydrogen (secondary N) is 1. The SMILES string of the molecule is CCCNc1nc(-c2cccc(C#N)c2)cs1. The van der Waals surface area contributed by atoms with Crippen molar-refractivity contribution >= 4 is 16.5 Å². The molecule has 0 aliphatic rings. The van der Waals surface area contributed by atoms with Gasteiger partial charge in [-0.2, -0.15) is 5.26 Å². The Hall–Kier alpha value is -1.86. The van der Waals surface area contributed by atoms with Crippen LogP contribution in [0.15, 0.2) is 29.6 Å². The van der Waals surface area contributed by atoms with E-state index in [4.69, 9.17) is 5.26 Å². The van der Waals surface area contributed by atoms with E-state index in [9.17, 15) is 0 Å². The predicted molar refractivity (Wildman–Crippen MR) is 71.0 cm³/mol. The molecular weight excluding hydrogens is 230 g/mol. The van der Waals surface area contributed by atoms with Crippen molar-refractivity contribution in [3.8, 4) is 17.3 Å². The van der Waals surface area contributed by atoms with E-state index in [0.717, 1.165) is 29.4 Å². The molecule has 2 rings (SSSR count). The molecule has 0 atom stereocenters. The first-order valence-electron chi connectivity index (χ1n) is 5.53. The number of hydrogen-bond donors (Lipinski definition) is 1. The number of aromatic nitrogens is 1. The Labute approximate surface area is 105 Å². The summed E-state index contributed by atoms with van der Waals surface area (Å²) in [5, 5.41) is 15.0. The molecule has 0 fully saturated rings. The second-order valence-electron chi connectivity index (χ2n) is 3.66. The minimum Gasteiger partial charge on any atom is -0.362 e. The lowest BCUT2D eigenvalue weighted by Gasteiger charge is -1.98. The van der Waals surface area contributed by atoms with Crippen LogP contribution in [-0.2, 0) is 0 Å². The Bertz CT molecular complexity index is 540. The fraction of sp³-hybridized carbons (Fsp3) is 0.231. The van der Waals surface area contributed by atoms with Crippen LogP contribution >= 0.6 is 11.3 Å². The number of thiazole rings is 1. The number of nitrogens with zero attached hydrogens (tertiary/aromatic N) is 2. The van der Waals surface area contributed by atoms with Gasteiger partial charge in [0.2, 0.25) is 0 Å². The highest BCUT2D eigenvalue weighted by molar-refractivity contribution is 7.14. The summed E-state index contributed by atoms with van der Waals surface area (Å²) in [6.07, 6.45) is 1.08. The van der Waals surface area contributed by atoms with Gasteiger partial charge in [-0.3, -0.25) is 0 Å². The molecule has 1 heterocycles. The zero-order valence-corrected chi connectivity index (χ0v) is 10.4. The lowest BCUT2D eigenvalue weighted by Crippen LogP contribution is -1.98. The average Bonchev–Trinajstić information content (AvgIpc) is 2.85. The second-order valence-corrected chi connectivity index (χ2v) is 4.52. The lowest BCUT2D eigenvalue weighted by atomic mass is 10.1. The molecule has 0 saturated heterocycles. The maximum atomic E-state index is 8.85. The monoisotopic (exact) mass is 243 g/mol. The maximum Gasteiger partial charge on any atom is 0.183 e. The van der Waals surface area contributed by atoms with Gasteiger partial charge in [0.05, 0.1) is 17.3 Å². The van der Waals surface area contributed by atoms with Crippen molar-refractivity contribution in [3.63, 3.8) is 0 Å². The molecule has 0 spiro atoms. The molecule has 1 aromatic heterocycles. The van der Waals surface area contributed by atoms with Gasteiger partial charge in [-0.25, -0.2) is 4.98 Å². The standard InChI is InChI=1S/C13H13N3S/c1-2-6-15-13-16-12(9-17-13)11-5-3-4-10(7-11)8-14/h3-5,7,9H,2,6H2,1H3,(H,15,16). The largest absolute Gasteiger partial charge is 0.362 e. The number of benzene rings is 1. The quantitative estimate of drug-likeness (QED) is 0.894. The van der Waals surface area contributed by atoms with Crippen LogP contribution in [0.5, 0.6) is 0 Å². The van der Waals surface area contributed by atoms with Gasteiger partial charge in [0, 0.05) is 17.5 Å². The average molecular weight is 243 g/mol. The summed E-state index contributed by atoms with van der Waals surface area (Å²) in [7, 11) is 0. The summed E-state index contributed by atoms with van der Waals surface area (Å²) >= 11 is 1.59. The highest BCUT2D eigenvalue weighted by atomic mass is 32.1. The zero-order chi connectivity index (χ0) is 12.1. The van der Waals surface area contributed by atoms with Gasteiger partial charge >= 0.3 is 0 Å². The first-order valence-corrected chi connectivity index (χ1v) is 6.41. The van der Waals surface area contributed by atoms with Crippen LogP contribution in [-0.4, -0.2) is 11.5 Å². The molecule has 0 saturated carbocycles. The van der Waals surface area contributed by atoms with Crippen molar-refractivity contribution in [2.45, 2.75) is 13.3 Å². The lowest BCUT2D eigenvalue weighted by molar-refractivity contribution is 0.976. The molecule has 0 bridgehead atoms. The first kappa shape index (κ1) is 11.6. The van der Waals surface area contributed by atoms with E-state index in [1.165, 1.54) is 0 Å². The third-order valence-corrected chi connectivity index (χ3v) is 3.12.